The fourth-order valence-corrected chi connectivity index (χ4v) is 2.83. The van der Waals surface area contributed by atoms with Gasteiger partial charge in [-0.25, -0.2) is 4.39 Å². The summed E-state index contributed by atoms with van der Waals surface area (Å²) in [6.45, 7) is 5.73. The minimum absolute atomic E-state index is 0.0933. The molecule has 0 spiro atoms. The van der Waals surface area contributed by atoms with E-state index in [1.54, 1.807) is 12.1 Å². The van der Waals surface area contributed by atoms with Crippen LogP contribution in [0.1, 0.15) is 17.2 Å². The second-order valence-corrected chi connectivity index (χ2v) is 6.18. The topological polar surface area (TPSA) is 54.3 Å². The van der Waals surface area contributed by atoms with Crippen LogP contribution in [0.5, 0.6) is 0 Å². The predicted octanol–water partition coefficient (Wildman–Crippen LogP) is 1.15. The molecule has 0 aliphatic carbocycles. The number of aryl methyl sites for hydroxylation is 1. The molecule has 2 heterocycles. The molecule has 1 amide bonds. The molecule has 0 saturated carbocycles. The first-order valence-corrected chi connectivity index (χ1v) is 8.12. The fourth-order valence-electron chi connectivity index (χ4n) is 2.83. The molecule has 1 saturated heterocycles. The molecular weight excluding hydrogens is 309 g/mol. The third-order valence-electron chi connectivity index (χ3n) is 4.54. The van der Waals surface area contributed by atoms with Crippen molar-refractivity contribution in [3.63, 3.8) is 0 Å². The van der Waals surface area contributed by atoms with E-state index in [1.807, 2.05) is 23.4 Å². The van der Waals surface area contributed by atoms with Gasteiger partial charge in [0.05, 0.1) is 13.0 Å². The van der Waals surface area contributed by atoms with Gasteiger partial charge in [0.15, 0.2) is 0 Å². The molecule has 1 aliphatic rings. The first-order chi connectivity index (χ1) is 11.5. The Morgan fingerprint density at radius 1 is 1.12 bits per heavy atom. The summed E-state index contributed by atoms with van der Waals surface area (Å²) >= 11 is 0. The molecule has 1 fully saturated rings. The van der Waals surface area contributed by atoms with Crippen LogP contribution in [0.15, 0.2) is 24.3 Å². The lowest BCUT2D eigenvalue weighted by molar-refractivity contribution is -0.132. The number of hydrogen-bond donors (Lipinski definition) is 0. The summed E-state index contributed by atoms with van der Waals surface area (Å²) in [5.74, 6) is 1.66. The van der Waals surface area contributed by atoms with Crippen LogP contribution >= 0.6 is 0 Å². The van der Waals surface area contributed by atoms with Gasteiger partial charge in [0, 0.05) is 33.2 Å². The van der Waals surface area contributed by atoms with Crippen molar-refractivity contribution in [2.75, 3.05) is 26.2 Å². The van der Waals surface area contributed by atoms with Crippen molar-refractivity contribution in [3.8, 4) is 0 Å². The van der Waals surface area contributed by atoms with Crippen LogP contribution in [-0.4, -0.2) is 56.7 Å². The lowest BCUT2D eigenvalue weighted by Gasteiger charge is -2.34. The highest BCUT2D eigenvalue weighted by Gasteiger charge is 2.22. The highest BCUT2D eigenvalue weighted by atomic mass is 19.1. The van der Waals surface area contributed by atoms with E-state index in [1.165, 1.54) is 12.1 Å². The number of amides is 1. The summed E-state index contributed by atoms with van der Waals surface area (Å²) in [5, 5.41) is 8.26. The van der Waals surface area contributed by atoms with Gasteiger partial charge >= 0.3 is 0 Å². The summed E-state index contributed by atoms with van der Waals surface area (Å²) in [7, 11) is 1.97. The first kappa shape index (κ1) is 16.6. The molecule has 0 atom stereocenters. The second-order valence-electron chi connectivity index (χ2n) is 6.18. The largest absolute Gasteiger partial charge is 0.340 e. The van der Waals surface area contributed by atoms with E-state index in [9.17, 15) is 9.18 Å². The first-order valence-electron chi connectivity index (χ1n) is 8.12. The van der Waals surface area contributed by atoms with Gasteiger partial charge in [-0.2, -0.15) is 0 Å². The number of carbonyl (C=O) groups excluding carboxylic acids is 1. The minimum Gasteiger partial charge on any atom is -0.340 e. The number of benzene rings is 1. The summed E-state index contributed by atoms with van der Waals surface area (Å²) < 4.78 is 14.9. The van der Waals surface area contributed by atoms with Gasteiger partial charge in [0.2, 0.25) is 5.91 Å². The Balaban J connectivity index is 1.50. The van der Waals surface area contributed by atoms with Crippen molar-refractivity contribution in [1.82, 2.24) is 24.6 Å². The summed E-state index contributed by atoms with van der Waals surface area (Å²) in [6.07, 6.45) is 0.322. The van der Waals surface area contributed by atoms with E-state index in [4.69, 9.17) is 0 Å². The van der Waals surface area contributed by atoms with Crippen LogP contribution in [0, 0.1) is 12.7 Å². The zero-order chi connectivity index (χ0) is 17.1. The Hall–Kier alpha value is -2.28. The third kappa shape index (κ3) is 3.79. The maximum Gasteiger partial charge on any atom is 0.227 e. The predicted molar refractivity (Wildman–Crippen MR) is 87.7 cm³/mol. The molecule has 2 aromatic rings. The lowest BCUT2D eigenvalue weighted by Crippen LogP contribution is -2.48. The summed E-state index contributed by atoms with van der Waals surface area (Å²) in [5.41, 5.74) is 0.846. The van der Waals surface area contributed by atoms with Crippen molar-refractivity contribution in [2.24, 2.45) is 7.05 Å². The zero-order valence-corrected chi connectivity index (χ0v) is 14.1. The average Bonchev–Trinajstić information content (AvgIpc) is 2.90. The third-order valence-corrected chi connectivity index (χ3v) is 4.54. The van der Waals surface area contributed by atoms with Crippen LogP contribution in [0.2, 0.25) is 0 Å². The van der Waals surface area contributed by atoms with E-state index in [0.29, 0.717) is 19.5 Å². The second kappa shape index (κ2) is 7.09. The van der Waals surface area contributed by atoms with Gasteiger partial charge in [-0.1, -0.05) is 12.1 Å². The Morgan fingerprint density at radius 2 is 1.79 bits per heavy atom. The molecule has 1 aliphatic heterocycles. The van der Waals surface area contributed by atoms with E-state index < -0.39 is 0 Å². The molecular formula is C17H22FN5O. The van der Waals surface area contributed by atoms with E-state index in [-0.39, 0.29) is 11.7 Å². The van der Waals surface area contributed by atoms with Gasteiger partial charge in [-0.15, -0.1) is 10.2 Å². The van der Waals surface area contributed by atoms with Gasteiger partial charge in [0.25, 0.3) is 0 Å². The quantitative estimate of drug-likeness (QED) is 0.843. The maximum absolute atomic E-state index is 12.9. The molecule has 0 N–H and O–H groups in total. The van der Waals surface area contributed by atoms with Crippen molar-refractivity contribution < 1.29 is 9.18 Å². The highest BCUT2D eigenvalue weighted by Crippen LogP contribution is 2.10. The van der Waals surface area contributed by atoms with Gasteiger partial charge in [0.1, 0.15) is 17.5 Å². The Morgan fingerprint density at radius 3 is 2.38 bits per heavy atom. The molecule has 0 bridgehead atoms. The SMILES string of the molecule is Cc1nnc(CN2CCN(C(=O)Cc3ccc(F)cc3)CC2)n1C. The van der Waals surface area contributed by atoms with Crippen molar-refractivity contribution in [1.29, 1.82) is 0 Å². The van der Waals surface area contributed by atoms with Crippen molar-refractivity contribution in [3.05, 3.63) is 47.3 Å². The van der Waals surface area contributed by atoms with E-state index in [0.717, 1.165) is 36.8 Å². The van der Waals surface area contributed by atoms with Crippen molar-refractivity contribution in [2.45, 2.75) is 19.9 Å². The van der Waals surface area contributed by atoms with E-state index >= 15 is 0 Å². The number of hydrogen-bond acceptors (Lipinski definition) is 4. The number of aromatic nitrogens is 3. The molecule has 1 aromatic heterocycles. The Bertz CT molecular complexity index is 704. The van der Waals surface area contributed by atoms with Crippen LogP contribution in [0.25, 0.3) is 0 Å². The van der Waals surface area contributed by atoms with Crippen LogP contribution in [0.3, 0.4) is 0 Å². The minimum atomic E-state index is -0.279. The Kier molecular flexibility index (Phi) is 4.89. The molecule has 128 valence electrons. The Labute approximate surface area is 140 Å². The molecule has 0 radical (unpaired) electrons. The van der Waals surface area contributed by atoms with Gasteiger partial charge in [-0.3, -0.25) is 9.69 Å². The molecule has 24 heavy (non-hydrogen) atoms. The van der Waals surface area contributed by atoms with Crippen LogP contribution in [-0.2, 0) is 24.8 Å². The molecule has 1 aromatic carbocycles. The standard InChI is InChI=1S/C17H22FN5O/c1-13-19-20-16(21(13)2)12-22-7-9-23(10-8-22)17(24)11-14-3-5-15(18)6-4-14/h3-6H,7-12H2,1-2H3. The van der Waals surface area contributed by atoms with Crippen LogP contribution in [0.4, 0.5) is 4.39 Å². The highest BCUT2D eigenvalue weighted by molar-refractivity contribution is 5.78. The van der Waals surface area contributed by atoms with Gasteiger partial charge < -0.3 is 9.47 Å². The smallest absolute Gasteiger partial charge is 0.227 e. The number of carbonyl (C=O) groups is 1. The van der Waals surface area contributed by atoms with E-state index in [2.05, 4.69) is 15.1 Å². The number of nitrogens with zero attached hydrogens (tertiary/aromatic N) is 5. The van der Waals surface area contributed by atoms with Crippen LogP contribution < -0.4 is 0 Å². The number of rotatable bonds is 4. The maximum atomic E-state index is 12.9. The average molecular weight is 331 g/mol. The normalized spacial score (nSPS) is 15.7. The van der Waals surface area contributed by atoms with Gasteiger partial charge in [-0.05, 0) is 24.6 Å². The monoisotopic (exact) mass is 331 g/mol. The molecule has 7 heteroatoms. The fraction of sp³-hybridized carbons (Fsp3) is 0.471. The summed E-state index contributed by atoms with van der Waals surface area (Å²) in [4.78, 5) is 16.5. The number of piperazine rings is 1. The van der Waals surface area contributed by atoms with Crippen molar-refractivity contribution >= 4 is 5.91 Å². The zero-order valence-electron chi connectivity index (χ0n) is 14.1. The molecule has 6 nitrogen and oxygen atoms in total. The lowest BCUT2D eigenvalue weighted by atomic mass is 10.1. The summed E-state index contributed by atoms with van der Waals surface area (Å²) in [6, 6.07) is 6.12. The number of halogens is 1. The molecule has 0 unspecified atom stereocenters. The molecule has 3 rings (SSSR count).